The van der Waals surface area contributed by atoms with Crippen molar-refractivity contribution in [3.05, 3.63) is 59.5 Å². The molecule has 0 saturated heterocycles. The fourth-order valence-corrected chi connectivity index (χ4v) is 5.52. The van der Waals surface area contributed by atoms with Gasteiger partial charge in [-0.3, -0.25) is 9.59 Å². The number of fused-ring (bicyclic) bond motifs is 1. The maximum Gasteiger partial charge on any atom is 0.303 e. The van der Waals surface area contributed by atoms with Crippen LogP contribution < -0.4 is 0 Å². The van der Waals surface area contributed by atoms with Gasteiger partial charge in [0.25, 0.3) is 0 Å². The summed E-state index contributed by atoms with van der Waals surface area (Å²) in [4.78, 5) is 24.6. The van der Waals surface area contributed by atoms with Gasteiger partial charge >= 0.3 is 5.97 Å². The van der Waals surface area contributed by atoms with Crippen molar-refractivity contribution in [3.63, 3.8) is 0 Å². The van der Waals surface area contributed by atoms with Crippen molar-refractivity contribution in [2.24, 2.45) is 17.3 Å². The van der Waals surface area contributed by atoms with E-state index < -0.39 is 23.6 Å². The summed E-state index contributed by atoms with van der Waals surface area (Å²) in [5.74, 6) is -1.51. The summed E-state index contributed by atoms with van der Waals surface area (Å²) in [5, 5.41) is 31.3. The minimum Gasteiger partial charge on any atom is -0.481 e. The molecule has 6 heteroatoms. The number of aliphatic hydroxyl groups is 2. The van der Waals surface area contributed by atoms with Gasteiger partial charge in [0.05, 0.1) is 17.6 Å². The first kappa shape index (κ1) is 24.4. The predicted molar refractivity (Wildman–Crippen MR) is 128 cm³/mol. The van der Waals surface area contributed by atoms with Crippen LogP contribution in [0.2, 0.25) is 0 Å². The number of thiophene rings is 1. The molecular weight excluding hydrogens is 424 g/mol. The summed E-state index contributed by atoms with van der Waals surface area (Å²) in [5.41, 5.74) is -0.840. The predicted octanol–water partition coefficient (Wildman–Crippen LogP) is 4.76. The highest BCUT2D eigenvalue weighted by Gasteiger charge is 2.52. The third-order valence-electron chi connectivity index (χ3n) is 6.30. The van der Waals surface area contributed by atoms with E-state index in [-0.39, 0.29) is 24.0 Å². The van der Waals surface area contributed by atoms with Crippen molar-refractivity contribution in [2.75, 3.05) is 0 Å². The Labute approximate surface area is 193 Å². The van der Waals surface area contributed by atoms with Gasteiger partial charge in [0.2, 0.25) is 0 Å². The number of aliphatic carboxylic acids is 1. The number of carbonyl (C=O) groups is 2. The molecule has 0 aliphatic heterocycles. The van der Waals surface area contributed by atoms with E-state index in [1.807, 2.05) is 24.3 Å². The first-order valence-corrected chi connectivity index (χ1v) is 11.9. The van der Waals surface area contributed by atoms with Crippen molar-refractivity contribution in [1.29, 1.82) is 0 Å². The number of benzene rings is 1. The monoisotopic (exact) mass is 456 g/mol. The molecule has 1 aromatic carbocycles. The number of carboxylic acid groups (broad SMARTS) is 1. The molecule has 1 heterocycles. The van der Waals surface area contributed by atoms with E-state index in [9.17, 15) is 19.8 Å². The zero-order valence-electron chi connectivity index (χ0n) is 18.6. The molecule has 2 aromatic rings. The van der Waals surface area contributed by atoms with Crippen LogP contribution in [0.25, 0.3) is 10.1 Å². The van der Waals surface area contributed by atoms with E-state index in [0.29, 0.717) is 25.7 Å². The average Bonchev–Trinajstić information content (AvgIpc) is 3.21. The van der Waals surface area contributed by atoms with Gasteiger partial charge in [-0.25, -0.2) is 0 Å². The second kappa shape index (κ2) is 10.6. The van der Waals surface area contributed by atoms with Crippen LogP contribution >= 0.6 is 11.3 Å². The lowest BCUT2D eigenvalue weighted by Gasteiger charge is -2.22. The second-order valence-corrected chi connectivity index (χ2v) is 10.3. The third kappa shape index (κ3) is 5.74. The standard InChI is InChI=1S/C26H32O5S/c1-26(2)24(30)20(10-5-3-4-6-12-23(28)29)21(25(26)31)14-13-18(27)16-19-15-17-9-7-8-11-22(17)32-19/h3,5,7-9,11,13-15,18,20-21,25,27,31H,4,6,10,12,16H2,1-2H3,(H,28,29)/b5-3-,14-13+/t18?,20?,21-,25+/m1/s1. The van der Waals surface area contributed by atoms with Crippen LogP contribution in [0.3, 0.4) is 0 Å². The van der Waals surface area contributed by atoms with Crippen LogP contribution in [-0.2, 0) is 16.0 Å². The van der Waals surface area contributed by atoms with Crippen LogP contribution in [0.1, 0.15) is 44.4 Å². The first-order chi connectivity index (χ1) is 15.2. The quantitative estimate of drug-likeness (QED) is 0.354. The maximum atomic E-state index is 12.9. The topological polar surface area (TPSA) is 94.8 Å². The van der Waals surface area contributed by atoms with Crippen molar-refractivity contribution < 1.29 is 24.9 Å². The molecule has 1 saturated carbocycles. The van der Waals surface area contributed by atoms with E-state index in [0.717, 1.165) is 10.3 Å². The normalized spacial score (nSPS) is 24.1. The Balaban J connectivity index is 1.64. The van der Waals surface area contributed by atoms with E-state index in [1.165, 1.54) is 4.70 Å². The number of hydrogen-bond acceptors (Lipinski definition) is 5. The number of hydrogen-bond donors (Lipinski definition) is 3. The van der Waals surface area contributed by atoms with E-state index in [4.69, 9.17) is 5.11 Å². The van der Waals surface area contributed by atoms with Gasteiger partial charge in [-0.05, 0) is 36.8 Å². The highest BCUT2D eigenvalue weighted by atomic mass is 32.1. The molecule has 0 amide bonds. The minimum atomic E-state index is -0.840. The first-order valence-electron chi connectivity index (χ1n) is 11.1. The third-order valence-corrected chi connectivity index (χ3v) is 7.44. The molecule has 4 atom stereocenters. The molecule has 1 fully saturated rings. The summed E-state index contributed by atoms with van der Waals surface area (Å²) >= 11 is 1.66. The number of unbranched alkanes of at least 4 members (excludes halogenated alkanes) is 1. The van der Waals surface area contributed by atoms with Crippen molar-refractivity contribution in [3.8, 4) is 0 Å². The lowest BCUT2D eigenvalue weighted by molar-refractivity contribution is -0.137. The Morgan fingerprint density at radius 1 is 1.25 bits per heavy atom. The Bertz CT molecular complexity index is 970. The molecule has 3 rings (SSSR count). The molecule has 1 aromatic heterocycles. The minimum absolute atomic E-state index is 0.0221. The molecular formula is C26H32O5S. The molecule has 0 bridgehead atoms. The Morgan fingerprint density at radius 2 is 2.00 bits per heavy atom. The van der Waals surface area contributed by atoms with Gasteiger partial charge in [0.1, 0.15) is 5.78 Å². The number of Topliss-reactive ketones (excluding diaryl/α,β-unsaturated/α-hetero) is 1. The van der Waals surface area contributed by atoms with Crippen molar-refractivity contribution >= 4 is 33.2 Å². The summed E-state index contributed by atoms with van der Waals surface area (Å²) in [6.45, 7) is 3.54. The molecule has 5 nitrogen and oxygen atoms in total. The van der Waals surface area contributed by atoms with Gasteiger partial charge in [0.15, 0.2) is 0 Å². The fraction of sp³-hybridized carbons (Fsp3) is 0.462. The Kier molecular flexibility index (Phi) is 8.04. The average molecular weight is 457 g/mol. The number of rotatable bonds is 10. The number of aliphatic hydroxyl groups excluding tert-OH is 2. The van der Waals surface area contributed by atoms with Crippen LogP contribution in [0, 0.1) is 17.3 Å². The molecule has 1 aliphatic rings. The largest absolute Gasteiger partial charge is 0.481 e. The van der Waals surface area contributed by atoms with Gasteiger partial charge < -0.3 is 15.3 Å². The zero-order chi connectivity index (χ0) is 23.3. The summed E-state index contributed by atoms with van der Waals surface area (Å²) in [6.07, 6.45) is 8.14. The maximum absolute atomic E-state index is 12.9. The lowest BCUT2D eigenvalue weighted by Crippen LogP contribution is -2.31. The number of ketones is 1. The number of allylic oxidation sites excluding steroid dienone is 2. The smallest absolute Gasteiger partial charge is 0.303 e. The van der Waals surface area contributed by atoms with Crippen LogP contribution in [0.4, 0.5) is 0 Å². The molecule has 0 radical (unpaired) electrons. The summed E-state index contributed by atoms with van der Waals surface area (Å²) in [7, 11) is 0. The molecule has 0 spiro atoms. The van der Waals surface area contributed by atoms with Gasteiger partial charge in [-0.1, -0.05) is 56.4 Å². The number of carboxylic acids is 1. The van der Waals surface area contributed by atoms with Gasteiger partial charge in [0, 0.05) is 34.3 Å². The zero-order valence-corrected chi connectivity index (χ0v) is 19.4. The van der Waals surface area contributed by atoms with Crippen LogP contribution in [-0.4, -0.2) is 39.3 Å². The molecule has 32 heavy (non-hydrogen) atoms. The Hall–Kier alpha value is -2.28. The van der Waals surface area contributed by atoms with Crippen LogP contribution in [0.15, 0.2) is 54.6 Å². The SMILES string of the molecule is CC1(C)C(=O)C(C/C=C\CCCC(=O)O)[C@@H](/C=C/C(O)Cc2cc3ccccc3s2)[C@@H]1O. The molecule has 172 valence electrons. The highest BCUT2D eigenvalue weighted by molar-refractivity contribution is 7.19. The molecule has 2 unspecified atom stereocenters. The second-order valence-electron chi connectivity index (χ2n) is 9.11. The molecule has 1 aliphatic carbocycles. The van der Waals surface area contributed by atoms with E-state index in [1.54, 1.807) is 37.3 Å². The van der Waals surface area contributed by atoms with Gasteiger partial charge in [-0.2, -0.15) is 0 Å². The van der Waals surface area contributed by atoms with Gasteiger partial charge in [-0.15, -0.1) is 11.3 Å². The van der Waals surface area contributed by atoms with Crippen molar-refractivity contribution in [1.82, 2.24) is 0 Å². The number of carbonyl (C=O) groups excluding carboxylic acids is 1. The van der Waals surface area contributed by atoms with E-state index >= 15 is 0 Å². The Morgan fingerprint density at radius 3 is 2.72 bits per heavy atom. The van der Waals surface area contributed by atoms with Crippen molar-refractivity contribution in [2.45, 2.75) is 58.2 Å². The highest BCUT2D eigenvalue weighted by Crippen LogP contribution is 2.44. The lowest BCUT2D eigenvalue weighted by atomic mass is 9.86. The summed E-state index contributed by atoms with van der Waals surface area (Å²) < 4.78 is 1.19. The van der Waals surface area contributed by atoms with E-state index in [2.05, 4.69) is 18.2 Å². The molecule has 3 N–H and O–H groups in total. The summed E-state index contributed by atoms with van der Waals surface area (Å²) in [6, 6.07) is 10.2. The van der Waals surface area contributed by atoms with Crippen LogP contribution in [0.5, 0.6) is 0 Å². The fourth-order valence-electron chi connectivity index (χ4n) is 4.40.